The van der Waals surface area contributed by atoms with E-state index in [2.05, 4.69) is 10.5 Å². The number of carboxylic acid groups (broad SMARTS) is 1. The van der Waals surface area contributed by atoms with Crippen LogP contribution in [0.3, 0.4) is 0 Å². The molecule has 1 aromatic heterocycles. The highest BCUT2D eigenvalue weighted by atomic mass is 32.2. The first kappa shape index (κ1) is 13.5. The minimum Gasteiger partial charge on any atom is -0.480 e. The molecule has 1 aromatic rings. The largest absolute Gasteiger partial charge is 0.480 e. The lowest BCUT2D eigenvalue weighted by Gasteiger charge is -2.05. The van der Waals surface area contributed by atoms with E-state index in [0.717, 1.165) is 11.8 Å². The normalized spacial score (nSPS) is 12.1. The number of hydrogen-bond donors (Lipinski definition) is 3. The number of carboxylic acids is 1. The molecule has 0 bridgehead atoms. The lowest BCUT2D eigenvalue weighted by molar-refractivity contribution is -0.137. The number of carbonyl (C=O) groups excluding carboxylic acids is 1. The topological polar surface area (TPSA) is 118 Å². The Morgan fingerprint density at radius 1 is 1.71 bits per heavy atom. The molecular weight excluding hydrogens is 246 g/mol. The predicted molar refractivity (Wildman–Crippen MR) is 62.8 cm³/mol. The number of aryl methyl sites for hydroxylation is 1. The number of amides is 1. The number of thioether (sulfide) groups is 1. The van der Waals surface area contributed by atoms with Crippen LogP contribution in [-0.2, 0) is 9.59 Å². The van der Waals surface area contributed by atoms with Crippen LogP contribution in [0, 0.1) is 6.92 Å². The molecule has 0 aliphatic heterocycles. The van der Waals surface area contributed by atoms with E-state index in [1.54, 1.807) is 13.0 Å². The summed E-state index contributed by atoms with van der Waals surface area (Å²) >= 11 is 1.14. The maximum Gasteiger partial charge on any atom is 0.321 e. The summed E-state index contributed by atoms with van der Waals surface area (Å²) in [5.41, 5.74) is 5.95. The molecule has 0 saturated heterocycles. The number of rotatable bonds is 6. The number of aromatic nitrogens is 1. The number of carbonyl (C=O) groups is 2. The van der Waals surface area contributed by atoms with Crippen molar-refractivity contribution in [2.75, 3.05) is 16.8 Å². The smallest absolute Gasteiger partial charge is 0.321 e. The van der Waals surface area contributed by atoms with Gasteiger partial charge in [0.25, 0.3) is 0 Å². The van der Waals surface area contributed by atoms with Crippen LogP contribution in [0.5, 0.6) is 0 Å². The standard InChI is InChI=1S/C9H13N3O4S/c1-5-2-8(16-12-5)11-7(13)4-17-3-6(10)9(14)15/h2,6H,3-4,10H2,1H3,(H,11,13)(H,14,15)/t6-/m0/s1. The van der Waals surface area contributed by atoms with Crippen LogP contribution in [0.4, 0.5) is 5.88 Å². The zero-order valence-corrected chi connectivity index (χ0v) is 9.99. The molecule has 94 valence electrons. The van der Waals surface area contributed by atoms with Gasteiger partial charge in [0.1, 0.15) is 6.04 Å². The highest BCUT2D eigenvalue weighted by Crippen LogP contribution is 2.09. The number of hydrogen-bond acceptors (Lipinski definition) is 6. The van der Waals surface area contributed by atoms with E-state index in [1.165, 1.54) is 0 Å². The van der Waals surface area contributed by atoms with E-state index >= 15 is 0 Å². The zero-order chi connectivity index (χ0) is 12.8. The van der Waals surface area contributed by atoms with Crippen LogP contribution < -0.4 is 11.1 Å². The number of nitrogens with zero attached hydrogens (tertiary/aromatic N) is 1. The number of anilines is 1. The molecule has 0 spiro atoms. The Morgan fingerprint density at radius 2 is 2.41 bits per heavy atom. The maximum atomic E-state index is 11.4. The first-order chi connectivity index (χ1) is 7.99. The van der Waals surface area contributed by atoms with Gasteiger partial charge in [-0.2, -0.15) is 0 Å². The molecule has 0 radical (unpaired) electrons. The number of nitrogens with one attached hydrogen (secondary N) is 1. The quantitative estimate of drug-likeness (QED) is 0.661. The first-order valence-corrected chi connectivity index (χ1v) is 5.94. The van der Waals surface area contributed by atoms with Gasteiger partial charge in [-0.25, -0.2) is 0 Å². The fourth-order valence-corrected chi connectivity index (χ4v) is 1.72. The van der Waals surface area contributed by atoms with Gasteiger partial charge in [-0.3, -0.25) is 14.9 Å². The third-order valence-electron chi connectivity index (χ3n) is 1.74. The lowest BCUT2D eigenvalue weighted by Crippen LogP contribution is -2.33. The Morgan fingerprint density at radius 3 is 2.94 bits per heavy atom. The van der Waals surface area contributed by atoms with E-state index < -0.39 is 12.0 Å². The molecule has 1 amide bonds. The van der Waals surface area contributed by atoms with Gasteiger partial charge < -0.3 is 15.4 Å². The maximum absolute atomic E-state index is 11.4. The minimum atomic E-state index is -1.08. The van der Waals surface area contributed by atoms with E-state index in [0.29, 0.717) is 5.69 Å². The summed E-state index contributed by atoms with van der Waals surface area (Å²) in [6.07, 6.45) is 0. The molecule has 0 saturated carbocycles. The van der Waals surface area contributed by atoms with E-state index in [1.807, 2.05) is 0 Å². The summed E-state index contributed by atoms with van der Waals surface area (Å²) in [6.45, 7) is 1.74. The summed E-state index contributed by atoms with van der Waals surface area (Å²) in [5, 5.41) is 14.6. The van der Waals surface area contributed by atoms with Gasteiger partial charge in [0.2, 0.25) is 11.8 Å². The van der Waals surface area contributed by atoms with Gasteiger partial charge in [0, 0.05) is 11.8 Å². The molecule has 7 nitrogen and oxygen atoms in total. The van der Waals surface area contributed by atoms with Crippen molar-refractivity contribution in [3.8, 4) is 0 Å². The second-order valence-corrected chi connectivity index (χ2v) is 4.37. The van der Waals surface area contributed by atoms with Crippen LogP contribution in [0.25, 0.3) is 0 Å². The highest BCUT2D eigenvalue weighted by Gasteiger charge is 2.12. The van der Waals surface area contributed by atoms with E-state index in [4.69, 9.17) is 15.4 Å². The Labute approximate surface area is 102 Å². The van der Waals surface area contributed by atoms with Crippen LogP contribution >= 0.6 is 11.8 Å². The molecule has 0 aliphatic carbocycles. The van der Waals surface area contributed by atoms with Crippen molar-refractivity contribution >= 4 is 29.5 Å². The number of aliphatic carboxylic acids is 1. The molecule has 0 fully saturated rings. The molecule has 1 atom stereocenters. The van der Waals surface area contributed by atoms with Crippen LogP contribution in [0.15, 0.2) is 10.6 Å². The Kier molecular flexibility index (Phi) is 4.98. The first-order valence-electron chi connectivity index (χ1n) is 4.78. The molecule has 4 N–H and O–H groups in total. The third kappa shape index (κ3) is 4.87. The zero-order valence-electron chi connectivity index (χ0n) is 9.17. The monoisotopic (exact) mass is 259 g/mol. The van der Waals surface area contributed by atoms with Crippen molar-refractivity contribution in [2.45, 2.75) is 13.0 Å². The van der Waals surface area contributed by atoms with E-state index in [9.17, 15) is 9.59 Å². The van der Waals surface area contributed by atoms with Gasteiger partial charge in [-0.05, 0) is 6.92 Å². The fraction of sp³-hybridized carbons (Fsp3) is 0.444. The summed E-state index contributed by atoms with van der Waals surface area (Å²) < 4.78 is 4.79. The Bertz CT molecular complexity index is 407. The van der Waals surface area contributed by atoms with Crippen molar-refractivity contribution in [2.24, 2.45) is 5.73 Å². The van der Waals surface area contributed by atoms with E-state index in [-0.39, 0.29) is 23.3 Å². The van der Waals surface area contributed by atoms with Gasteiger partial charge in [-0.1, -0.05) is 5.16 Å². The molecule has 8 heteroatoms. The summed E-state index contributed by atoms with van der Waals surface area (Å²) in [5.74, 6) is -0.804. The van der Waals surface area contributed by atoms with Gasteiger partial charge >= 0.3 is 5.97 Å². The lowest BCUT2D eigenvalue weighted by atomic mass is 10.4. The SMILES string of the molecule is Cc1cc(NC(=O)CSC[C@H](N)C(=O)O)on1. The average Bonchev–Trinajstić information content (AvgIpc) is 2.63. The molecule has 17 heavy (non-hydrogen) atoms. The van der Waals surface area contributed by atoms with Gasteiger partial charge in [0.15, 0.2) is 0 Å². The minimum absolute atomic E-state index is 0.112. The van der Waals surface area contributed by atoms with Gasteiger partial charge in [-0.15, -0.1) is 11.8 Å². The summed E-state index contributed by atoms with van der Waals surface area (Å²) in [6, 6.07) is 0.631. The average molecular weight is 259 g/mol. The molecule has 0 aliphatic rings. The van der Waals surface area contributed by atoms with Crippen molar-refractivity contribution in [3.63, 3.8) is 0 Å². The van der Waals surface area contributed by atoms with Crippen LogP contribution in [0.2, 0.25) is 0 Å². The highest BCUT2D eigenvalue weighted by molar-refractivity contribution is 8.00. The second-order valence-electron chi connectivity index (χ2n) is 3.34. The predicted octanol–water partition coefficient (Wildman–Crippen LogP) is 0.0666. The Balaban J connectivity index is 2.24. The van der Waals surface area contributed by atoms with Crippen molar-refractivity contribution < 1.29 is 19.2 Å². The van der Waals surface area contributed by atoms with Crippen molar-refractivity contribution in [1.82, 2.24) is 5.16 Å². The molecule has 0 unspecified atom stereocenters. The summed E-state index contributed by atoms with van der Waals surface area (Å²) in [7, 11) is 0. The van der Waals surface area contributed by atoms with Crippen molar-refractivity contribution in [1.29, 1.82) is 0 Å². The third-order valence-corrected chi connectivity index (χ3v) is 2.80. The summed E-state index contributed by atoms with van der Waals surface area (Å²) in [4.78, 5) is 21.8. The molecular formula is C9H13N3O4S. The fourth-order valence-electron chi connectivity index (χ4n) is 0.946. The van der Waals surface area contributed by atoms with Gasteiger partial charge in [0.05, 0.1) is 11.4 Å². The molecule has 1 heterocycles. The number of nitrogens with two attached hydrogens (primary N) is 1. The van der Waals surface area contributed by atoms with Crippen LogP contribution in [0.1, 0.15) is 5.69 Å². The van der Waals surface area contributed by atoms with Crippen molar-refractivity contribution in [3.05, 3.63) is 11.8 Å². The Hall–Kier alpha value is -1.54. The molecule has 0 aromatic carbocycles. The second kappa shape index (κ2) is 6.26. The molecule has 1 rings (SSSR count). The van der Waals surface area contributed by atoms with Crippen LogP contribution in [-0.4, -0.2) is 39.7 Å².